The maximum Gasteiger partial charge on any atom is 0.214 e. The second-order valence-electron chi connectivity index (χ2n) is 6.75. The molecular formula is C17H30N2O5S2. The molecule has 0 bridgehead atoms. The van der Waals surface area contributed by atoms with Gasteiger partial charge in [0.05, 0.1) is 10.5 Å². The van der Waals surface area contributed by atoms with Crippen LogP contribution < -0.4 is 14.2 Å². The van der Waals surface area contributed by atoms with Gasteiger partial charge in [-0.25, -0.2) is 26.3 Å². The van der Waals surface area contributed by atoms with Gasteiger partial charge in [0.15, 0.2) is 0 Å². The molecule has 2 N–H and O–H groups in total. The van der Waals surface area contributed by atoms with Gasteiger partial charge in [0.25, 0.3) is 0 Å². The van der Waals surface area contributed by atoms with E-state index in [4.69, 9.17) is 4.74 Å². The van der Waals surface area contributed by atoms with Gasteiger partial charge in [-0.15, -0.1) is 0 Å². The Morgan fingerprint density at radius 1 is 0.846 bits per heavy atom. The van der Waals surface area contributed by atoms with Gasteiger partial charge in [-0.1, -0.05) is 12.1 Å². The first-order valence-electron chi connectivity index (χ1n) is 8.66. The van der Waals surface area contributed by atoms with Crippen molar-refractivity contribution in [3.63, 3.8) is 0 Å². The number of rotatable bonds is 11. The smallest absolute Gasteiger partial charge is 0.214 e. The summed E-state index contributed by atoms with van der Waals surface area (Å²) in [6, 6.07) is 7.31. The highest BCUT2D eigenvalue weighted by Crippen LogP contribution is 2.14. The lowest BCUT2D eigenvalue weighted by Crippen LogP contribution is -2.37. The van der Waals surface area contributed by atoms with E-state index in [2.05, 4.69) is 9.44 Å². The molecule has 0 spiro atoms. The van der Waals surface area contributed by atoms with Crippen molar-refractivity contribution in [1.82, 2.24) is 9.44 Å². The Hall–Kier alpha value is -1.16. The lowest BCUT2D eigenvalue weighted by molar-refractivity contribution is 0.225. The molecular weight excluding hydrogens is 376 g/mol. The van der Waals surface area contributed by atoms with Crippen LogP contribution in [0, 0.1) is 0 Å². The van der Waals surface area contributed by atoms with E-state index < -0.39 is 30.5 Å². The predicted octanol–water partition coefficient (Wildman–Crippen LogP) is 1.65. The van der Waals surface area contributed by atoms with Crippen LogP contribution in [-0.4, -0.2) is 46.5 Å². The van der Waals surface area contributed by atoms with Crippen molar-refractivity contribution >= 4 is 20.0 Å². The first-order chi connectivity index (χ1) is 11.9. The van der Waals surface area contributed by atoms with Gasteiger partial charge >= 0.3 is 0 Å². The van der Waals surface area contributed by atoms with E-state index in [1.807, 2.05) is 12.1 Å². The fraction of sp³-hybridized carbons (Fsp3) is 0.647. The SMILES string of the molecule is CC(CNS(=O)(=O)C(C)C)Oc1ccc(CCNS(=O)(=O)C(C)C)cc1. The number of ether oxygens (including phenoxy) is 1. The van der Waals surface area contributed by atoms with E-state index in [-0.39, 0.29) is 12.6 Å². The van der Waals surface area contributed by atoms with E-state index in [0.717, 1.165) is 5.56 Å². The van der Waals surface area contributed by atoms with Gasteiger partial charge in [0.1, 0.15) is 11.9 Å². The van der Waals surface area contributed by atoms with Gasteiger partial charge in [0, 0.05) is 13.1 Å². The van der Waals surface area contributed by atoms with Crippen LogP contribution in [0.5, 0.6) is 5.75 Å². The number of hydrogen-bond donors (Lipinski definition) is 2. The van der Waals surface area contributed by atoms with Gasteiger partial charge in [-0.05, 0) is 58.7 Å². The second kappa shape index (κ2) is 9.68. The molecule has 0 aromatic heterocycles. The zero-order chi connectivity index (χ0) is 20.0. The summed E-state index contributed by atoms with van der Waals surface area (Å²) in [6.45, 7) is 8.83. The number of nitrogens with one attached hydrogen (secondary N) is 2. The average molecular weight is 407 g/mol. The largest absolute Gasteiger partial charge is 0.489 e. The molecule has 0 aliphatic rings. The summed E-state index contributed by atoms with van der Waals surface area (Å²) >= 11 is 0. The predicted molar refractivity (Wildman–Crippen MR) is 104 cm³/mol. The van der Waals surface area contributed by atoms with Gasteiger partial charge < -0.3 is 4.74 Å². The first kappa shape index (κ1) is 22.9. The molecule has 0 fully saturated rings. The normalized spacial score (nSPS) is 14.0. The van der Waals surface area contributed by atoms with Crippen molar-refractivity contribution in [2.45, 2.75) is 57.6 Å². The molecule has 1 rings (SSSR count). The van der Waals surface area contributed by atoms with E-state index in [1.54, 1.807) is 46.8 Å². The Kier molecular flexibility index (Phi) is 8.52. The average Bonchev–Trinajstić information content (AvgIpc) is 2.54. The molecule has 7 nitrogen and oxygen atoms in total. The molecule has 1 atom stereocenters. The van der Waals surface area contributed by atoms with Gasteiger partial charge in [0.2, 0.25) is 20.0 Å². The molecule has 150 valence electrons. The zero-order valence-corrected chi connectivity index (χ0v) is 17.7. The quantitative estimate of drug-likeness (QED) is 0.582. The van der Waals surface area contributed by atoms with E-state index >= 15 is 0 Å². The molecule has 26 heavy (non-hydrogen) atoms. The van der Waals surface area contributed by atoms with Crippen molar-refractivity contribution in [3.05, 3.63) is 29.8 Å². The Morgan fingerprint density at radius 2 is 1.35 bits per heavy atom. The van der Waals surface area contributed by atoms with Crippen LogP contribution in [0.4, 0.5) is 0 Å². The fourth-order valence-electron chi connectivity index (χ4n) is 1.91. The fourth-order valence-corrected chi connectivity index (χ4v) is 3.43. The topological polar surface area (TPSA) is 102 Å². The molecule has 0 heterocycles. The maximum atomic E-state index is 11.7. The van der Waals surface area contributed by atoms with Crippen molar-refractivity contribution < 1.29 is 21.6 Å². The van der Waals surface area contributed by atoms with Crippen molar-refractivity contribution in [3.8, 4) is 5.75 Å². The monoisotopic (exact) mass is 406 g/mol. The van der Waals surface area contributed by atoms with E-state index in [0.29, 0.717) is 18.7 Å². The molecule has 0 saturated heterocycles. The van der Waals surface area contributed by atoms with Crippen LogP contribution in [0.3, 0.4) is 0 Å². The Balaban J connectivity index is 2.47. The van der Waals surface area contributed by atoms with Crippen LogP contribution in [-0.2, 0) is 26.5 Å². The van der Waals surface area contributed by atoms with E-state index in [1.165, 1.54) is 0 Å². The summed E-state index contributed by atoms with van der Waals surface area (Å²) in [4.78, 5) is 0. The van der Waals surface area contributed by atoms with Crippen molar-refractivity contribution in [2.75, 3.05) is 13.1 Å². The third-order valence-corrected chi connectivity index (χ3v) is 7.45. The zero-order valence-electron chi connectivity index (χ0n) is 16.0. The number of sulfonamides is 2. The minimum atomic E-state index is -3.31. The highest BCUT2D eigenvalue weighted by atomic mass is 32.2. The molecule has 0 amide bonds. The first-order valence-corrected chi connectivity index (χ1v) is 11.8. The molecule has 9 heteroatoms. The minimum Gasteiger partial charge on any atom is -0.489 e. The molecule has 0 aliphatic heterocycles. The summed E-state index contributed by atoms with van der Waals surface area (Å²) in [7, 11) is -6.55. The summed E-state index contributed by atoms with van der Waals surface area (Å²) < 4.78 is 57.6. The van der Waals surface area contributed by atoms with Crippen LogP contribution in [0.15, 0.2) is 24.3 Å². The third kappa shape index (κ3) is 7.61. The van der Waals surface area contributed by atoms with Gasteiger partial charge in [-0.2, -0.15) is 0 Å². The van der Waals surface area contributed by atoms with Crippen LogP contribution >= 0.6 is 0 Å². The molecule has 0 radical (unpaired) electrons. The molecule has 0 saturated carbocycles. The van der Waals surface area contributed by atoms with Crippen molar-refractivity contribution in [2.24, 2.45) is 0 Å². The summed E-state index contributed by atoms with van der Waals surface area (Å²) in [5, 5.41) is -0.935. The number of hydrogen-bond acceptors (Lipinski definition) is 5. The lowest BCUT2D eigenvalue weighted by Gasteiger charge is -2.17. The molecule has 0 aliphatic carbocycles. The van der Waals surface area contributed by atoms with E-state index in [9.17, 15) is 16.8 Å². The highest BCUT2D eigenvalue weighted by molar-refractivity contribution is 7.90. The second-order valence-corrected chi connectivity index (χ2v) is 11.4. The number of benzene rings is 1. The van der Waals surface area contributed by atoms with Crippen LogP contribution in [0.1, 0.15) is 40.2 Å². The Labute approximate surface area is 157 Å². The minimum absolute atomic E-state index is 0.194. The standard InChI is InChI=1S/C17H30N2O5S2/c1-13(2)25(20,21)18-11-10-16-6-8-17(9-7-16)24-15(5)12-19-26(22,23)14(3)4/h6-9,13-15,18-19H,10-12H2,1-5H3. The Morgan fingerprint density at radius 3 is 1.85 bits per heavy atom. The van der Waals surface area contributed by atoms with Gasteiger partial charge in [-0.3, -0.25) is 0 Å². The Bertz CT molecular complexity index is 757. The van der Waals surface area contributed by atoms with Crippen LogP contribution in [0.25, 0.3) is 0 Å². The summed E-state index contributed by atoms with van der Waals surface area (Å²) in [5.41, 5.74) is 0.983. The third-order valence-electron chi connectivity index (χ3n) is 3.79. The summed E-state index contributed by atoms with van der Waals surface area (Å²) in [5.74, 6) is 0.632. The lowest BCUT2D eigenvalue weighted by atomic mass is 10.1. The summed E-state index contributed by atoms with van der Waals surface area (Å²) in [6.07, 6.45) is 0.267. The van der Waals surface area contributed by atoms with Crippen molar-refractivity contribution in [1.29, 1.82) is 0 Å². The molecule has 1 aromatic rings. The highest BCUT2D eigenvalue weighted by Gasteiger charge is 2.17. The molecule has 1 unspecified atom stereocenters. The maximum absolute atomic E-state index is 11.7. The van der Waals surface area contributed by atoms with Crippen LogP contribution in [0.2, 0.25) is 0 Å². The molecule has 1 aromatic carbocycles.